The molecular formula is C17H15BrN6O2S. The molecule has 0 bridgehead atoms. The fraction of sp³-hybridized carbons (Fsp3) is 0.176. The standard InChI is InChI=1S/C17H15BrN6O2S/c1-9(25)26-7-6-24-15-13(14(19)20-8-21-15)23-17(24)27-16-12(18)10-4-2-3-5-11(10)22-16/h2-5,8,22H,6-7H2,1H3,(H2,19,20,21). The van der Waals surface area contributed by atoms with Crippen molar-refractivity contribution in [1.29, 1.82) is 0 Å². The molecule has 0 aliphatic carbocycles. The maximum Gasteiger partial charge on any atom is 0.302 e. The van der Waals surface area contributed by atoms with Crippen LogP contribution in [0.1, 0.15) is 6.92 Å². The number of nitrogens with zero attached hydrogens (tertiary/aromatic N) is 4. The van der Waals surface area contributed by atoms with Gasteiger partial charge < -0.3 is 15.5 Å². The number of halogens is 1. The van der Waals surface area contributed by atoms with Gasteiger partial charge in [0.1, 0.15) is 12.9 Å². The third kappa shape index (κ3) is 3.37. The van der Waals surface area contributed by atoms with Gasteiger partial charge in [-0.05, 0) is 33.8 Å². The highest BCUT2D eigenvalue weighted by atomic mass is 79.9. The van der Waals surface area contributed by atoms with Crippen LogP contribution in [0.5, 0.6) is 0 Å². The lowest BCUT2D eigenvalue weighted by Gasteiger charge is -2.08. The number of H-pyrrole nitrogens is 1. The van der Waals surface area contributed by atoms with Gasteiger partial charge in [0, 0.05) is 17.8 Å². The number of esters is 1. The zero-order valence-electron chi connectivity index (χ0n) is 14.3. The van der Waals surface area contributed by atoms with Gasteiger partial charge >= 0.3 is 5.97 Å². The number of hydrogen-bond acceptors (Lipinski definition) is 7. The predicted molar refractivity (Wildman–Crippen MR) is 106 cm³/mol. The van der Waals surface area contributed by atoms with Crippen LogP contribution < -0.4 is 5.73 Å². The lowest BCUT2D eigenvalue weighted by molar-refractivity contribution is -0.141. The number of fused-ring (bicyclic) bond motifs is 2. The Morgan fingerprint density at radius 3 is 2.96 bits per heavy atom. The molecule has 0 fully saturated rings. The fourth-order valence-electron chi connectivity index (χ4n) is 2.74. The van der Waals surface area contributed by atoms with E-state index in [1.807, 2.05) is 28.8 Å². The molecule has 27 heavy (non-hydrogen) atoms. The van der Waals surface area contributed by atoms with E-state index in [0.717, 1.165) is 20.4 Å². The first-order chi connectivity index (χ1) is 13.0. The molecule has 8 nitrogen and oxygen atoms in total. The maximum atomic E-state index is 11.1. The number of aromatic nitrogens is 5. The number of carbonyl (C=O) groups is 1. The molecule has 0 amide bonds. The molecule has 3 aromatic heterocycles. The summed E-state index contributed by atoms with van der Waals surface area (Å²) < 4.78 is 7.92. The number of hydrogen-bond donors (Lipinski definition) is 2. The van der Waals surface area contributed by atoms with Crippen LogP contribution in [-0.2, 0) is 16.1 Å². The molecule has 0 atom stereocenters. The Hall–Kier alpha value is -2.59. The van der Waals surface area contributed by atoms with Crippen LogP contribution in [-0.4, -0.2) is 37.1 Å². The summed E-state index contributed by atoms with van der Waals surface area (Å²) in [6.07, 6.45) is 1.40. The number of nitrogens with one attached hydrogen (secondary N) is 1. The van der Waals surface area contributed by atoms with Gasteiger partial charge in [0.05, 0.1) is 16.0 Å². The van der Waals surface area contributed by atoms with Crippen molar-refractivity contribution in [3.63, 3.8) is 0 Å². The molecule has 1 aromatic carbocycles. The summed E-state index contributed by atoms with van der Waals surface area (Å²) in [5, 5.41) is 2.67. The highest BCUT2D eigenvalue weighted by Crippen LogP contribution is 2.38. The average Bonchev–Trinajstić information content (AvgIpc) is 3.15. The van der Waals surface area contributed by atoms with Crippen LogP contribution in [0.15, 0.2) is 45.2 Å². The molecule has 0 saturated heterocycles. The molecule has 4 aromatic rings. The monoisotopic (exact) mass is 446 g/mol. The van der Waals surface area contributed by atoms with Crippen LogP contribution >= 0.6 is 27.7 Å². The molecule has 3 heterocycles. The largest absolute Gasteiger partial charge is 0.464 e. The molecule has 0 aliphatic rings. The highest BCUT2D eigenvalue weighted by molar-refractivity contribution is 9.10. The Morgan fingerprint density at radius 1 is 1.37 bits per heavy atom. The van der Waals surface area contributed by atoms with Crippen LogP contribution in [0.3, 0.4) is 0 Å². The SMILES string of the molecule is CC(=O)OCCn1c(Sc2[nH]c3ccccc3c2Br)nc2c(N)ncnc21. The van der Waals surface area contributed by atoms with E-state index in [9.17, 15) is 4.79 Å². The third-order valence-electron chi connectivity index (χ3n) is 3.95. The summed E-state index contributed by atoms with van der Waals surface area (Å²) in [4.78, 5) is 27.4. The second-order valence-electron chi connectivity index (χ2n) is 5.73. The van der Waals surface area contributed by atoms with E-state index in [0.29, 0.717) is 28.7 Å². The van der Waals surface area contributed by atoms with Crippen molar-refractivity contribution in [2.24, 2.45) is 0 Å². The Balaban J connectivity index is 1.76. The lowest BCUT2D eigenvalue weighted by atomic mass is 10.3. The predicted octanol–water partition coefficient (Wildman–Crippen LogP) is 3.37. The molecule has 0 saturated carbocycles. The second kappa shape index (κ2) is 7.20. The lowest BCUT2D eigenvalue weighted by Crippen LogP contribution is -2.10. The van der Waals surface area contributed by atoms with Crippen molar-refractivity contribution in [3.05, 3.63) is 35.1 Å². The summed E-state index contributed by atoms with van der Waals surface area (Å²) >= 11 is 5.10. The van der Waals surface area contributed by atoms with Crippen molar-refractivity contribution >= 4 is 61.5 Å². The number of benzene rings is 1. The minimum Gasteiger partial charge on any atom is -0.464 e. The Morgan fingerprint density at radius 2 is 2.19 bits per heavy atom. The van der Waals surface area contributed by atoms with E-state index >= 15 is 0 Å². The molecule has 0 radical (unpaired) electrons. The number of nitrogen functional groups attached to an aromatic ring is 1. The summed E-state index contributed by atoms with van der Waals surface area (Å²) in [6.45, 7) is 2.00. The molecule has 0 aliphatic heterocycles. The Kier molecular flexibility index (Phi) is 4.75. The number of nitrogens with two attached hydrogens (primary N) is 1. The first-order valence-electron chi connectivity index (χ1n) is 8.08. The van der Waals surface area contributed by atoms with Gasteiger partial charge in [-0.15, -0.1) is 0 Å². The Labute approximate surface area is 166 Å². The first-order valence-corrected chi connectivity index (χ1v) is 9.69. The van der Waals surface area contributed by atoms with E-state index < -0.39 is 0 Å². The summed E-state index contributed by atoms with van der Waals surface area (Å²) in [6, 6.07) is 8.01. The van der Waals surface area contributed by atoms with Gasteiger partial charge in [0.25, 0.3) is 0 Å². The van der Waals surface area contributed by atoms with Crippen LogP contribution in [0.25, 0.3) is 22.1 Å². The van der Waals surface area contributed by atoms with Gasteiger partial charge in [0.2, 0.25) is 0 Å². The van der Waals surface area contributed by atoms with Crippen LogP contribution in [0.2, 0.25) is 0 Å². The average molecular weight is 447 g/mol. The number of imidazole rings is 1. The minimum absolute atomic E-state index is 0.214. The summed E-state index contributed by atoms with van der Waals surface area (Å²) in [7, 11) is 0. The van der Waals surface area contributed by atoms with E-state index in [1.54, 1.807) is 0 Å². The molecule has 0 unspecified atom stereocenters. The summed E-state index contributed by atoms with van der Waals surface area (Å²) in [5.41, 5.74) is 8.11. The Bertz CT molecular complexity index is 1160. The number of aromatic amines is 1. The quantitative estimate of drug-likeness (QED) is 0.451. The van der Waals surface area contributed by atoms with Crippen LogP contribution in [0, 0.1) is 0 Å². The van der Waals surface area contributed by atoms with E-state index in [2.05, 4.69) is 35.9 Å². The molecule has 10 heteroatoms. The maximum absolute atomic E-state index is 11.1. The van der Waals surface area contributed by atoms with Crippen molar-refractivity contribution < 1.29 is 9.53 Å². The van der Waals surface area contributed by atoms with E-state index in [-0.39, 0.29) is 12.6 Å². The van der Waals surface area contributed by atoms with E-state index in [1.165, 1.54) is 25.0 Å². The number of anilines is 1. The van der Waals surface area contributed by atoms with Crippen molar-refractivity contribution in [1.82, 2.24) is 24.5 Å². The zero-order chi connectivity index (χ0) is 19.0. The smallest absolute Gasteiger partial charge is 0.302 e. The van der Waals surface area contributed by atoms with Crippen molar-refractivity contribution in [2.75, 3.05) is 12.3 Å². The number of carbonyl (C=O) groups excluding carboxylic acids is 1. The fourth-order valence-corrected chi connectivity index (χ4v) is 4.39. The van der Waals surface area contributed by atoms with Crippen LogP contribution in [0.4, 0.5) is 5.82 Å². The second-order valence-corrected chi connectivity index (χ2v) is 7.50. The topological polar surface area (TPSA) is 112 Å². The number of ether oxygens (including phenoxy) is 1. The molecule has 3 N–H and O–H groups in total. The summed E-state index contributed by atoms with van der Waals surface area (Å²) in [5.74, 6) is -0.0232. The van der Waals surface area contributed by atoms with E-state index in [4.69, 9.17) is 10.5 Å². The third-order valence-corrected chi connectivity index (χ3v) is 6.04. The molecule has 138 valence electrons. The van der Waals surface area contributed by atoms with Gasteiger partial charge in [-0.25, -0.2) is 15.0 Å². The van der Waals surface area contributed by atoms with Gasteiger partial charge in [-0.3, -0.25) is 9.36 Å². The number of rotatable bonds is 5. The van der Waals surface area contributed by atoms with Crippen molar-refractivity contribution in [3.8, 4) is 0 Å². The minimum atomic E-state index is -0.332. The zero-order valence-corrected chi connectivity index (χ0v) is 16.7. The molecule has 4 rings (SSSR count). The van der Waals surface area contributed by atoms with Gasteiger partial charge in [0.15, 0.2) is 22.1 Å². The first kappa shape index (κ1) is 17.8. The highest BCUT2D eigenvalue weighted by Gasteiger charge is 2.19. The number of para-hydroxylation sites is 1. The van der Waals surface area contributed by atoms with Crippen molar-refractivity contribution in [2.45, 2.75) is 23.7 Å². The molecule has 0 spiro atoms. The normalized spacial score (nSPS) is 11.3. The molecular weight excluding hydrogens is 432 g/mol. The van der Waals surface area contributed by atoms with Gasteiger partial charge in [-0.1, -0.05) is 18.2 Å². The van der Waals surface area contributed by atoms with Gasteiger partial charge in [-0.2, -0.15) is 0 Å².